The average Bonchev–Trinajstić information content (AvgIpc) is 2.82. The molecular weight excluding hydrogens is 298 g/mol. The topological polar surface area (TPSA) is 45.2 Å². The van der Waals surface area contributed by atoms with Crippen LogP contribution in [-0.4, -0.2) is 28.9 Å². The molecule has 1 N–H and O–H groups in total. The van der Waals surface area contributed by atoms with E-state index in [-0.39, 0.29) is 18.0 Å². The third-order valence-electron chi connectivity index (χ3n) is 4.09. The van der Waals surface area contributed by atoms with Crippen molar-refractivity contribution in [3.8, 4) is 0 Å². The molecule has 0 saturated carbocycles. The van der Waals surface area contributed by atoms with Crippen molar-refractivity contribution in [3.05, 3.63) is 64.9 Å². The lowest BCUT2D eigenvalue weighted by molar-refractivity contribution is -0.127. The van der Waals surface area contributed by atoms with Gasteiger partial charge < -0.3 is 10.2 Å². The number of halogens is 1. The normalized spacial score (nSPS) is 21.4. The largest absolute Gasteiger partial charge is 0.337 e. The Morgan fingerprint density at radius 1 is 1.32 bits per heavy atom. The van der Waals surface area contributed by atoms with Crippen LogP contribution in [0.2, 0.25) is 5.02 Å². The van der Waals surface area contributed by atoms with Gasteiger partial charge in [0.1, 0.15) is 0 Å². The second-order valence-corrected chi connectivity index (χ2v) is 5.99. The highest BCUT2D eigenvalue weighted by molar-refractivity contribution is 6.30. The number of nitrogens with one attached hydrogen (secondary N) is 1. The number of amides is 1. The van der Waals surface area contributed by atoms with E-state index in [4.69, 9.17) is 11.6 Å². The Hall–Kier alpha value is -1.91. The molecule has 1 amide bonds. The zero-order chi connectivity index (χ0) is 15.5. The van der Waals surface area contributed by atoms with E-state index in [1.54, 1.807) is 6.20 Å². The smallest absolute Gasteiger partial charge is 0.224 e. The molecule has 0 bridgehead atoms. The Labute approximate surface area is 135 Å². The molecule has 5 heteroatoms. The van der Waals surface area contributed by atoms with Gasteiger partial charge in [0.15, 0.2) is 0 Å². The fourth-order valence-electron chi connectivity index (χ4n) is 2.92. The number of rotatable bonds is 4. The van der Waals surface area contributed by atoms with Crippen LogP contribution in [0.4, 0.5) is 0 Å². The van der Waals surface area contributed by atoms with Gasteiger partial charge in [0.25, 0.3) is 0 Å². The molecule has 4 nitrogen and oxygen atoms in total. The maximum atomic E-state index is 12.1. The molecule has 0 aliphatic carbocycles. The van der Waals surface area contributed by atoms with Gasteiger partial charge in [0.05, 0.1) is 6.04 Å². The first kappa shape index (κ1) is 15.0. The lowest BCUT2D eigenvalue weighted by Gasteiger charge is -2.26. The molecule has 0 unspecified atom stereocenters. The van der Waals surface area contributed by atoms with Gasteiger partial charge in [0, 0.05) is 43.5 Å². The first-order chi connectivity index (χ1) is 10.6. The van der Waals surface area contributed by atoms with E-state index in [1.807, 2.05) is 54.5 Å². The van der Waals surface area contributed by atoms with Crippen LogP contribution in [0, 0.1) is 0 Å². The average molecular weight is 316 g/mol. The Balaban J connectivity index is 1.76. The first-order valence-corrected chi connectivity index (χ1v) is 7.66. The van der Waals surface area contributed by atoms with Crippen molar-refractivity contribution in [1.82, 2.24) is 15.2 Å². The molecule has 2 aromatic rings. The molecule has 0 spiro atoms. The minimum Gasteiger partial charge on any atom is -0.337 e. The van der Waals surface area contributed by atoms with E-state index >= 15 is 0 Å². The van der Waals surface area contributed by atoms with E-state index in [1.165, 1.54) is 0 Å². The maximum Gasteiger partial charge on any atom is 0.224 e. The summed E-state index contributed by atoms with van der Waals surface area (Å²) in [4.78, 5) is 18.0. The van der Waals surface area contributed by atoms with Crippen LogP contribution >= 0.6 is 11.6 Å². The number of hydrogen-bond donors (Lipinski definition) is 1. The van der Waals surface area contributed by atoms with E-state index in [0.717, 1.165) is 11.1 Å². The van der Waals surface area contributed by atoms with Crippen molar-refractivity contribution >= 4 is 17.5 Å². The molecule has 1 aliphatic heterocycles. The molecule has 22 heavy (non-hydrogen) atoms. The summed E-state index contributed by atoms with van der Waals surface area (Å²) in [6.07, 6.45) is 4.10. The molecule has 114 valence electrons. The lowest BCUT2D eigenvalue weighted by atomic mass is 10.00. The van der Waals surface area contributed by atoms with Crippen molar-refractivity contribution < 1.29 is 4.79 Å². The third-order valence-corrected chi connectivity index (χ3v) is 4.34. The van der Waals surface area contributed by atoms with E-state index < -0.39 is 0 Å². The number of likely N-dealkylation sites (tertiary alicyclic amines) is 1. The Bertz CT molecular complexity index is 645. The number of pyridine rings is 1. The van der Waals surface area contributed by atoms with Crippen LogP contribution in [0.15, 0.2) is 48.8 Å². The molecule has 2 heterocycles. The highest BCUT2D eigenvalue weighted by atomic mass is 35.5. The number of likely N-dealkylation sites (N-methyl/N-ethyl adjacent to an activating group) is 1. The molecule has 1 aromatic heterocycles. The summed E-state index contributed by atoms with van der Waals surface area (Å²) in [5.41, 5.74) is 2.21. The van der Waals surface area contributed by atoms with Gasteiger partial charge in [-0.2, -0.15) is 0 Å². The van der Waals surface area contributed by atoms with Gasteiger partial charge in [-0.05, 0) is 29.3 Å². The first-order valence-electron chi connectivity index (χ1n) is 7.28. The maximum absolute atomic E-state index is 12.1. The zero-order valence-electron chi connectivity index (χ0n) is 12.4. The second-order valence-electron chi connectivity index (χ2n) is 5.55. The highest BCUT2D eigenvalue weighted by Gasteiger charge is 2.38. The summed E-state index contributed by atoms with van der Waals surface area (Å²) in [6, 6.07) is 11.8. The quantitative estimate of drug-likeness (QED) is 0.943. The van der Waals surface area contributed by atoms with E-state index in [9.17, 15) is 4.79 Å². The number of aromatic nitrogens is 1. The van der Waals surface area contributed by atoms with E-state index in [0.29, 0.717) is 18.0 Å². The summed E-state index contributed by atoms with van der Waals surface area (Å²) in [5, 5.41) is 4.19. The molecule has 0 radical (unpaired) electrons. The van der Waals surface area contributed by atoms with Crippen LogP contribution in [0.1, 0.15) is 23.6 Å². The summed E-state index contributed by atoms with van der Waals surface area (Å²) in [6.45, 7) is 0.698. The standard InChI is InChI=1S/C17H18ClN3O/c1-21-16(22)9-15(20-11-12-3-2-8-19-10-12)17(21)13-4-6-14(18)7-5-13/h2-8,10,15,17,20H,9,11H2,1H3/t15-,17+/m1/s1. The molecular formula is C17H18ClN3O. The number of carbonyl (C=O) groups is 1. The minimum absolute atomic E-state index is 0.0291. The number of hydrogen-bond acceptors (Lipinski definition) is 3. The molecule has 1 aliphatic rings. The summed E-state index contributed by atoms with van der Waals surface area (Å²) >= 11 is 5.96. The Morgan fingerprint density at radius 2 is 2.09 bits per heavy atom. The van der Waals surface area contributed by atoms with Crippen molar-refractivity contribution in [2.24, 2.45) is 0 Å². The van der Waals surface area contributed by atoms with Gasteiger partial charge in [0.2, 0.25) is 5.91 Å². The van der Waals surface area contributed by atoms with Crippen molar-refractivity contribution in [1.29, 1.82) is 0 Å². The molecule has 3 rings (SSSR count). The van der Waals surface area contributed by atoms with Gasteiger partial charge in [-0.1, -0.05) is 29.8 Å². The highest BCUT2D eigenvalue weighted by Crippen LogP contribution is 2.32. The van der Waals surface area contributed by atoms with Gasteiger partial charge in [-0.25, -0.2) is 0 Å². The third kappa shape index (κ3) is 3.13. The predicted molar refractivity (Wildman–Crippen MR) is 86.4 cm³/mol. The van der Waals surface area contributed by atoms with Crippen molar-refractivity contribution in [2.45, 2.75) is 25.0 Å². The fraction of sp³-hybridized carbons (Fsp3) is 0.294. The van der Waals surface area contributed by atoms with Crippen LogP contribution in [-0.2, 0) is 11.3 Å². The van der Waals surface area contributed by atoms with Gasteiger partial charge in [-0.15, -0.1) is 0 Å². The SMILES string of the molecule is CN1C(=O)C[C@@H](NCc2cccnc2)[C@@H]1c1ccc(Cl)cc1. The monoisotopic (exact) mass is 315 g/mol. The number of benzene rings is 1. The Kier molecular flexibility index (Phi) is 4.41. The van der Waals surface area contributed by atoms with Crippen LogP contribution < -0.4 is 5.32 Å². The molecule has 1 saturated heterocycles. The fourth-order valence-corrected chi connectivity index (χ4v) is 3.05. The van der Waals surface area contributed by atoms with E-state index in [2.05, 4.69) is 10.3 Å². The van der Waals surface area contributed by atoms with Crippen LogP contribution in [0.25, 0.3) is 0 Å². The molecule has 1 aromatic carbocycles. The number of nitrogens with zero attached hydrogens (tertiary/aromatic N) is 2. The summed E-state index contributed by atoms with van der Waals surface area (Å²) < 4.78 is 0. The van der Waals surface area contributed by atoms with Gasteiger partial charge in [-0.3, -0.25) is 9.78 Å². The van der Waals surface area contributed by atoms with Gasteiger partial charge >= 0.3 is 0 Å². The minimum atomic E-state index is 0.0291. The lowest BCUT2D eigenvalue weighted by Crippen LogP contribution is -2.34. The zero-order valence-corrected chi connectivity index (χ0v) is 13.1. The summed E-state index contributed by atoms with van der Waals surface area (Å²) in [5.74, 6) is 0.156. The second kappa shape index (κ2) is 6.46. The van der Waals surface area contributed by atoms with Crippen LogP contribution in [0.5, 0.6) is 0 Å². The summed E-state index contributed by atoms with van der Waals surface area (Å²) in [7, 11) is 1.85. The predicted octanol–water partition coefficient (Wildman–Crippen LogP) is 2.80. The molecule has 2 atom stereocenters. The van der Waals surface area contributed by atoms with Crippen molar-refractivity contribution in [2.75, 3.05) is 7.05 Å². The number of carbonyl (C=O) groups excluding carboxylic acids is 1. The van der Waals surface area contributed by atoms with Crippen LogP contribution in [0.3, 0.4) is 0 Å². The molecule has 1 fully saturated rings. The van der Waals surface area contributed by atoms with Crippen molar-refractivity contribution in [3.63, 3.8) is 0 Å². The Morgan fingerprint density at radius 3 is 2.77 bits per heavy atom.